The molecular weight excluding hydrogens is 257 g/mol. The quantitative estimate of drug-likeness (QED) is 0.675. The molecule has 0 aliphatic carbocycles. The average Bonchev–Trinajstić information content (AvgIpc) is 2.39. The molecule has 0 unspecified atom stereocenters. The monoisotopic (exact) mass is 270 g/mol. The Balaban J connectivity index is 3.14. The Morgan fingerprint density at radius 1 is 1.47 bits per heavy atom. The summed E-state index contributed by atoms with van der Waals surface area (Å²) in [6, 6.07) is 3.18. The number of nitrogens with two attached hydrogens (primary N) is 1. The lowest BCUT2D eigenvalue weighted by atomic mass is 10.2. The van der Waals surface area contributed by atoms with Crippen molar-refractivity contribution in [3.63, 3.8) is 0 Å². The van der Waals surface area contributed by atoms with Crippen molar-refractivity contribution in [1.29, 1.82) is 0 Å². The molecule has 0 fully saturated rings. The number of hydrogen-bond donors (Lipinski definition) is 1. The van der Waals surface area contributed by atoms with Gasteiger partial charge in [0.1, 0.15) is 5.71 Å². The molecule has 0 bridgehead atoms. The van der Waals surface area contributed by atoms with E-state index in [0.29, 0.717) is 17.3 Å². The van der Waals surface area contributed by atoms with Crippen LogP contribution in [0.4, 0.5) is 13.2 Å². The summed E-state index contributed by atoms with van der Waals surface area (Å²) in [4.78, 5) is 11.2. The second-order valence-corrected chi connectivity index (χ2v) is 3.49. The fourth-order valence-corrected chi connectivity index (χ4v) is 1.26. The molecule has 4 nitrogen and oxygen atoms in total. The number of aromatic nitrogens is 1. The topological polar surface area (TPSA) is 63.6 Å². The van der Waals surface area contributed by atoms with Gasteiger partial charge in [0, 0.05) is 25.4 Å². The summed E-state index contributed by atoms with van der Waals surface area (Å²) in [5.41, 5.74) is 5.29. The van der Waals surface area contributed by atoms with Crippen LogP contribution in [0.15, 0.2) is 41.0 Å². The van der Waals surface area contributed by atoms with E-state index in [1.54, 1.807) is 12.1 Å². The summed E-state index contributed by atoms with van der Waals surface area (Å²) in [5.74, 6) is -0.0664. The maximum absolute atomic E-state index is 12.6. The first-order chi connectivity index (χ1) is 8.92. The van der Waals surface area contributed by atoms with Gasteiger partial charge in [-0.25, -0.2) is 4.99 Å². The molecule has 0 aliphatic rings. The number of halogens is 3. The Labute approximate surface area is 108 Å². The number of rotatable bonds is 3. The fourth-order valence-electron chi connectivity index (χ4n) is 1.26. The number of hydrogen-bond acceptors (Lipinski definition) is 3. The zero-order valence-electron chi connectivity index (χ0n) is 10.3. The summed E-state index contributed by atoms with van der Waals surface area (Å²) in [6.45, 7) is 3.35. The van der Waals surface area contributed by atoms with Crippen molar-refractivity contribution in [1.82, 2.24) is 4.98 Å². The summed E-state index contributed by atoms with van der Waals surface area (Å²) < 4.78 is 37.7. The molecule has 19 heavy (non-hydrogen) atoms. The molecule has 102 valence electrons. The highest BCUT2D eigenvalue weighted by atomic mass is 19.4. The average molecular weight is 270 g/mol. The zero-order chi connectivity index (χ0) is 14.5. The third-order valence-electron chi connectivity index (χ3n) is 2.21. The molecule has 0 aromatic carbocycles. The molecule has 0 aliphatic heterocycles. The van der Waals surface area contributed by atoms with Crippen LogP contribution in [0.1, 0.15) is 11.3 Å². The van der Waals surface area contributed by atoms with E-state index >= 15 is 0 Å². The molecule has 1 aromatic heterocycles. The van der Waals surface area contributed by atoms with Gasteiger partial charge in [0.15, 0.2) is 5.84 Å². The molecule has 0 saturated heterocycles. The van der Waals surface area contributed by atoms with Crippen molar-refractivity contribution in [3.8, 4) is 0 Å². The highest BCUT2D eigenvalue weighted by Crippen LogP contribution is 2.19. The van der Waals surface area contributed by atoms with Gasteiger partial charge in [0.2, 0.25) is 0 Å². The Morgan fingerprint density at radius 2 is 2.16 bits per heavy atom. The van der Waals surface area contributed by atoms with Gasteiger partial charge in [-0.3, -0.25) is 9.98 Å². The predicted molar refractivity (Wildman–Crippen MR) is 68.3 cm³/mol. The van der Waals surface area contributed by atoms with E-state index in [-0.39, 0.29) is 12.4 Å². The highest BCUT2D eigenvalue weighted by molar-refractivity contribution is 6.11. The van der Waals surface area contributed by atoms with E-state index < -0.39 is 11.9 Å². The molecule has 0 atom stereocenters. The molecule has 0 radical (unpaired) electrons. The van der Waals surface area contributed by atoms with E-state index in [4.69, 9.17) is 5.73 Å². The highest BCUT2D eigenvalue weighted by Gasteiger charge is 2.33. The molecule has 2 N–H and O–H groups in total. The first kappa shape index (κ1) is 15.0. The van der Waals surface area contributed by atoms with Gasteiger partial charge >= 0.3 is 6.18 Å². The van der Waals surface area contributed by atoms with E-state index in [2.05, 4.69) is 21.5 Å². The molecule has 0 saturated carbocycles. The zero-order valence-corrected chi connectivity index (χ0v) is 10.3. The number of amidine groups is 1. The molecule has 0 spiro atoms. The maximum atomic E-state index is 12.6. The van der Waals surface area contributed by atoms with Crippen LogP contribution < -0.4 is 5.73 Å². The number of aliphatic imine (C=N–C) groups is 2. The Morgan fingerprint density at radius 3 is 2.53 bits per heavy atom. The predicted octanol–water partition coefficient (Wildman–Crippen LogP) is 2.11. The second-order valence-electron chi connectivity index (χ2n) is 3.49. The van der Waals surface area contributed by atoms with Gasteiger partial charge in [-0.2, -0.15) is 13.2 Å². The third kappa shape index (κ3) is 3.99. The molecule has 1 rings (SSSR count). The number of alkyl halides is 3. The van der Waals surface area contributed by atoms with Crippen LogP contribution in [0.5, 0.6) is 0 Å². The summed E-state index contributed by atoms with van der Waals surface area (Å²) in [6.07, 6.45) is -2.54. The van der Waals surface area contributed by atoms with Crippen LogP contribution in [-0.2, 0) is 6.54 Å². The number of allylic oxidation sites excluding steroid dienone is 1. The molecular formula is C12H13F3N4. The van der Waals surface area contributed by atoms with Gasteiger partial charge in [-0.1, -0.05) is 6.58 Å². The van der Waals surface area contributed by atoms with Crippen LogP contribution in [0.25, 0.3) is 0 Å². The van der Waals surface area contributed by atoms with Crippen LogP contribution in [0, 0.1) is 0 Å². The second kappa shape index (κ2) is 6.24. The van der Waals surface area contributed by atoms with Gasteiger partial charge in [-0.15, -0.1) is 0 Å². The maximum Gasteiger partial charge on any atom is 0.433 e. The summed E-state index contributed by atoms with van der Waals surface area (Å²) in [5, 5.41) is 0. The van der Waals surface area contributed by atoms with Crippen molar-refractivity contribution < 1.29 is 13.2 Å². The fraction of sp³-hybridized carbons (Fsp3) is 0.250. The van der Waals surface area contributed by atoms with E-state index in [9.17, 15) is 13.2 Å². The van der Waals surface area contributed by atoms with Crippen LogP contribution in [0.2, 0.25) is 0 Å². The lowest BCUT2D eigenvalue weighted by Crippen LogP contribution is -2.22. The van der Waals surface area contributed by atoms with E-state index in [0.717, 1.165) is 0 Å². The van der Waals surface area contributed by atoms with Gasteiger partial charge in [0.05, 0.1) is 5.69 Å². The Hall–Kier alpha value is -2.02. The van der Waals surface area contributed by atoms with Gasteiger partial charge < -0.3 is 5.73 Å². The number of pyridine rings is 1. The smallest absolute Gasteiger partial charge is 0.325 e. The SMILES string of the molecule is C=CC(=NC(=NC)c1ccc(CN)nc1)C(F)(F)F. The first-order valence-electron chi connectivity index (χ1n) is 5.32. The number of nitrogens with zero attached hydrogens (tertiary/aromatic N) is 3. The molecule has 7 heteroatoms. The lowest BCUT2D eigenvalue weighted by Gasteiger charge is -2.07. The van der Waals surface area contributed by atoms with Crippen LogP contribution >= 0.6 is 0 Å². The minimum Gasteiger partial charge on any atom is -0.325 e. The molecule has 0 amide bonds. The largest absolute Gasteiger partial charge is 0.433 e. The standard InChI is InChI=1S/C12H13F3N4/c1-3-10(12(13,14)15)19-11(17-2)8-4-5-9(6-16)18-7-8/h3-5,7H,1,6,16H2,2H3. The van der Waals surface area contributed by atoms with Crippen LogP contribution in [0.3, 0.4) is 0 Å². The van der Waals surface area contributed by atoms with Crippen LogP contribution in [-0.4, -0.2) is 29.8 Å². The minimum atomic E-state index is -4.57. The molecule has 1 heterocycles. The van der Waals surface area contributed by atoms with E-state index in [1.165, 1.54) is 13.2 Å². The van der Waals surface area contributed by atoms with Crippen molar-refractivity contribution in [2.45, 2.75) is 12.7 Å². The van der Waals surface area contributed by atoms with E-state index in [1.807, 2.05) is 0 Å². The Bertz CT molecular complexity index is 501. The van der Waals surface area contributed by atoms with Crippen molar-refractivity contribution in [2.24, 2.45) is 15.7 Å². The van der Waals surface area contributed by atoms with Gasteiger partial charge in [-0.05, 0) is 18.2 Å². The Kier molecular flexibility index (Phi) is 4.94. The van der Waals surface area contributed by atoms with Crippen molar-refractivity contribution in [2.75, 3.05) is 7.05 Å². The minimum absolute atomic E-state index is 0.0664. The molecule has 1 aromatic rings. The summed E-state index contributed by atoms with van der Waals surface area (Å²) >= 11 is 0. The third-order valence-corrected chi connectivity index (χ3v) is 2.21. The van der Waals surface area contributed by atoms with Gasteiger partial charge in [0.25, 0.3) is 0 Å². The first-order valence-corrected chi connectivity index (χ1v) is 5.32. The lowest BCUT2D eigenvalue weighted by molar-refractivity contribution is -0.0575. The van der Waals surface area contributed by atoms with Crippen molar-refractivity contribution in [3.05, 3.63) is 42.2 Å². The normalized spacial score (nSPS) is 13.5. The van der Waals surface area contributed by atoms with Crippen molar-refractivity contribution >= 4 is 11.5 Å². The summed E-state index contributed by atoms with van der Waals surface area (Å²) in [7, 11) is 1.35.